The van der Waals surface area contributed by atoms with Crippen molar-refractivity contribution in [1.82, 2.24) is 0 Å². The van der Waals surface area contributed by atoms with Crippen molar-refractivity contribution in [3.05, 3.63) is 29.8 Å². The summed E-state index contributed by atoms with van der Waals surface area (Å²) in [6, 6.07) is 6.26. The van der Waals surface area contributed by atoms with E-state index < -0.39 is 16.0 Å². The first kappa shape index (κ1) is 9.85. The van der Waals surface area contributed by atoms with Crippen molar-refractivity contribution in [3.63, 3.8) is 0 Å². The van der Waals surface area contributed by atoms with Crippen LogP contribution < -0.4 is 0 Å². The number of sulfonamides is 1. The van der Waals surface area contributed by atoms with Crippen LogP contribution in [0.3, 0.4) is 0 Å². The van der Waals surface area contributed by atoms with E-state index in [1.807, 2.05) is 0 Å². The van der Waals surface area contributed by atoms with Crippen molar-refractivity contribution in [1.29, 1.82) is 0 Å². The lowest BCUT2D eigenvalue weighted by Gasteiger charge is -2.12. The fourth-order valence-corrected chi connectivity index (χ4v) is 2.68. The van der Waals surface area contributed by atoms with Gasteiger partial charge in [-0.15, -0.1) is 0 Å². The molecule has 2 rings (SSSR count). The number of aliphatic carboxylic acids is 1. The van der Waals surface area contributed by atoms with Gasteiger partial charge in [0, 0.05) is 6.42 Å². The summed E-state index contributed by atoms with van der Waals surface area (Å²) in [5.41, 5.74) is 0.138. The van der Waals surface area contributed by atoms with Crippen LogP contribution in [0.4, 0.5) is 0 Å². The fourth-order valence-electron chi connectivity index (χ4n) is 1.42. The summed E-state index contributed by atoms with van der Waals surface area (Å²) >= 11 is 0. The van der Waals surface area contributed by atoms with Gasteiger partial charge in [-0.1, -0.05) is 18.2 Å². The van der Waals surface area contributed by atoms with Gasteiger partial charge in [-0.2, -0.15) is 12.8 Å². The molecule has 0 saturated carbocycles. The number of fused-ring (bicyclic) bond motifs is 1. The van der Waals surface area contributed by atoms with Gasteiger partial charge in [-0.05, 0) is 11.6 Å². The quantitative estimate of drug-likeness (QED) is 0.752. The van der Waals surface area contributed by atoms with Crippen LogP contribution in [-0.2, 0) is 21.2 Å². The van der Waals surface area contributed by atoms with Crippen LogP contribution in [0.2, 0.25) is 0 Å². The number of carbonyl (C=O) groups is 1. The molecule has 0 aromatic heterocycles. The van der Waals surface area contributed by atoms with Gasteiger partial charge < -0.3 is 5.11 Å². The van der Waals surface area contributed by atoms with Crippen LogP contribution in [0.1, 0.15) is 5.56 Å². The monoisotopic (exact) mass is 225 g/mol. The van der Waals surface area contributed by atoms with Crippen molar-refractivity contribution >= 4 is 21.7 Å². The Morgan fingerprint density at radius 1 is 1.33 bits per heavy atom. The highest BCUT2D eigenvalue weighted by Gasteiger charge is 2.27. The normalized spacial score (nSPS) is 17.7. The average Bonchev–Trinajstić information content (AvgIpc) is 2.16. The third-order valence-electron chi connectivity index (χ3n) is 2.09. The Morgan fingerprint density at radius 2 is 2.00 bits per heavy atom. The molecule has 1 heterocycles. The number of carboxylic acids is 1. The van der Waals surface area contributed by atoms with Gasteiger partial charge in [0.15, 0.2) is 0 Å². The average molecular weight is 225 g/mol. The maximum Gasteiger partial charge on any atom is 0.351 e. The minimum Gasteiger partial charge on any atom is -0.477 e. The van der Waals surface area contributed by atoms with E-state index in [1.165, 1.54) is 6.07 Å². The van der Waals surface area contributed by atoms with E-state index in [1.54, 1.807) is 18.2 Å². The number of nitrogens with zero attached hydrogens (tertiary/aromatic N) is 1. The van der Waals surface area contributed by atoms with E-state index in [4.69, 9.17) is 5.11 Å². The minimum absolute atomic E-state index is 0.0464. The zero-order valence-electron chi connectivity index (χ0n) is 7.54. The van der Waals surface area contributed by atoms with Gasteiger partial charge in [0.25, 0.3) is 10.0 Å². The lowest BCUT2D eigenvalue weighted by molar-refractivity contribution is -0.129. The number of carboxylic acid groups (broad SMARTS) is 1. The molecule has 1 N–H and O–H groups in total. The third-order valence-corrected chi connectivity index (χ3v) is 3.50. The van der Waals surface area contributed by atoms with Gasteiger partial charge >= 0.3 is 5.97 Å². The summed E-state index contributed by atoms with van der Waals surface area (Å²) in [4.78, 5) is 10.7. The van der Waals surface area contributed by atoms with E-state index in [2.05, 4.69) is 4.40 Å². The van der Waals surface area contributed by atoms with Crippen LogP contribution >= 0.6 is 0 Å². The summed E-state index contributed by atoms with van der Waals surface area (Å²) in [7, 11) is -3.83. The molecule has 0 unspecified atom stereocenters. The molecule has 1 aliphatic rings. The molecule has 0 fully saturated rings. The van der Waals surface area contributed by atoms with Crippen LogP contribution in [0.25, 0.3) is 0 Å². The third kappa shape index (κ3) is 1.63. The molecule has 0 radical (unpaired) electrons. The molecule has 0 amide bonds. The second-order valence-corrected chi connectivity index (χ2v) is 4.68. The smallest absolute Gasteiger partial charge is 0.351 e. The Morgan fingerprint density at radius 3 is 2.67 bits per heavy atom. The molecule has 6 heteroatoms. The number of hydrogen-bond acceptors (Lipinski definition) is 3. The number of hydrogen-bond donors (Lipinski definition) is 1. The highest BCUT2D eigenvalue weighted by molar-refractivity contribution is 7.90. The molecule has 0 spiro atoms. The highest BCUT2D eigenvalue weighted by Crippen LogP contribution is 2.23. The first-order chi connectivity index (χ1) is 7.00. The molecule has 5 nitrogen and oxygen atoms in total. The van der Waals surface area contributed by atoms with E-state index in [0.29, 0.717) is 5.56 Å². The molecule has 1 aromatic carbocycles. The Hall–Kier alpha value is -1.69. The van der Waals surface area contributed by atoms with Crippen LogP contribution in [0.5, 0.6) is 0 Å². The molecule has 0 aliphatic carbocycles. The lowest BCUT2D eigenvalue weighted by atomic mass is 10.1. The molecule has 78 valence electrons. The predicted octanol–water partition coefficient (Wildman–Crippen LogP) is 0.457. The highest BCUT2D eigenvalue weighted by atomic mass is 32.2. The zero-order chi connectivity index (χ0) is 11.1. The number of rotatable bonds is 1. The van der Waals surface area contributed by atoms with Gasteiger partial charge in [0.05, 0.1) is 4.90 Å². The van der Waals surface area contributed by atoms with E-state index in [-0.39, 0.29) is 17.0 Å². The molecule has 0 atom stereocenters. The Bertz CT molecular complexity index is 559. The summed E-state index contributed by atoms with van der Waals surface area (Å²) in [5, 5.41) is 8.70. The molecule has 0 saturated heterocycles. The summed E-state index contributed by atoms with van der Waals surface area (Å²) in [5.74, 6) is -1.30. The van der Waals surface area contributed by atoms with E-state index in [0.717, 1.165) is 0 Å². The standard InChI is InChI=1S/C9H7NO4S/c11-9(12)7-5-6-3-1-2-4-8(6)15(13,14)10-7/h1-4H,5H2,(H,11,12). The van der Waals surface area contributed by atoms with E-state index in [9.17, 15) is 13.2 Å². The molecule has 1 aromatic rings. The number of benzene rings is 1. The molecular weight excluding hydrogens is 218 g/mol. The minimum atomic E-state index is -3.83. The van der Waals surface area contributed by atoms with E-state index >= 15 is 0 Å². The fraction of sp³-hybridized carbons (Fsp3) is 0.111. The van der Waals surface area contributed by atoms with Gasteiger partial charge in [-0.3, -0.25) is 0 Å². The van der Waals surface area contributed by atoms with Crippen molar-refractivity contribution in [2.75, 3.05) is 0 Å². The van der Waals surface area contributed by atoms with Crippen molar-refractivity contribution in [2.45, 2.75) is 11.3 Å². The SMILES string of the molecule is O=C(O)C1=NS(=O)(=O)c2ccccc2C1. The maximum atomic E-state index is 11.5. The van der Waals surface area contributed by atoms with Crippen LogP contribution in [0, 0.1) is 0 Å². The largest absolute Gasteiger partial charge is 0.477 e. The molecule has 1 aliphatic heterocycles. The molecule has 15 heavy (non-hydrogen) atoms. The molecule has 0 bridgehead atoms. The van der Waals surface area contributed by atoms with Gasteiger partial charge in [-0.25, -0.2) is 4.79 Å². The molecular formula is C9H7NO4S. The second-order valence-electron chi connectivity index (χ2n) is 3.10. The van der Waals surface area contributed by atoms with Gasteiger partial charge in [0.1, 0.15) is 5.71 Å². The van der Waals surface area contributed by atoms with Crippen molar-refractivity contribution in [2.24, 2.45) is 4.40 Å². The second kappa shape index (κ2) is 3.16. The summed E-state index contributed by atoms with van der Waals surface area (Å²) < 4.78 is 26.3. The van der Waals surface area contributed by atoms with Gasteiger partial charge in [0.2, 0.25) is 0 Å². The Labute approximate surface area is 86.1 Å². The predicted molar refractivity (Wildman–Crippen MR) is 52.4 cm³/mol. The van der Waals surface area contributed by atoms with Crippen LogP contribution in [-0.4, -0.2) is 25.2 Å². The first-order valence-corrected chi connectivity index (χ1v) is 5.60. The summed E-state index contributed by atoms with van der Waals surface area (Å²) in [6.45, 7) is 0. The Balaban J connectivity index is 2.65. The maximum absolute atomic E-state index is 11.5. The van der Waals surface area contributed by atoms with Crippen molar-refractivity contribution < 1.29 is 18.3 Å². The summed E-state index contributed by atoms with van der Waals surface area (Å²) in [6.07, 6.45) is 0.0464. The van der Waals surface area contributed by atoms with Crippen LogP contribution in [0.15, 0.2) is 33.6 Å². The lowest BCUT2D eigenvalue weighted by Crippen LogP contribution is -2.23. The van der Waals surface area contributed by atoms with Crippen molar-refractivity contribution in [3.8, 4) is 0 Å². The topological polar surface area (TPSA) is 83.8 Å². The first-order valence-electron chi connectivity index (χ1n) is 4.16. The Kier molecular flexibility index (Phi) is 2.08. The zero-order valence-corrected chi connectivity index (χ0v) is 8.36.